The molecule has 180 valence electrons. The van der Waals surface area contributed by atoms with Gasteiger partial charge in [-0.05, 0) is 65.8 Å². The predicted molar refractivity (Wildman–Crippen MR) is 142 cm³/mol. The molecule has 35 heavy (non-hydrogen) atoms. The van der Waals surface area contributed by atoms with Crippen molar-refractivity contribution < 1.29 is 19.4 Å². The molecule has 2 N–H and O–H groups in total. The number of hydrogen-bond donors (Lipinski definition) is 2. The Balaban J connectivity index is 1.63. The topological polar surface area (TPSA) is 92.9 Å². The van der Waals surface area contributed by atoms with E-state index in [-0.39, 0.29) is 24.5 Å². The molecule has 0 saturated carbocycles. The molecule has 0 bridgehead atoms. The summed E-state index contributed by atoms with van der Waals surface area (Å²) in [4.78, 5) is 30.5. The largest absolute Gasteiger partial charge is 0.507 e. The number of nitrogens with zero attached hydrogens (tertiary/aromatic N) is 2. The van der Waals surface area contributed by atoms with Crippen molar-refractivity contribution in [3.8, 4) is 17.0 Å². The van der Waals surface area contributed by atoms with Crippen LogP contribution in [0.2, 0.25) is 0 Å². The minimum Gasteiger partial charge on any atom is -0.507 e. The van der Waals surface area contributed by atoms with Crippen LogP contribution in [0.4, 0.5) is 0 Å². The number of aryl methyl sites for hydroxylation is 2. The van der Waals surface area contributed by atoms with Gasteiger partial charge in [-0.25, -0.2) is 9.78 Å². The van der Waals surface area contributed by atoms with Crippen molar-refractivity contribution >= 4 is 40.1 Å². The average molecular weight is 581 g/mol. The number of imidazole rings is 1. The number of phenols is 1. The van der Waals surface area contributed by atoms with E-state index in [1.165, 1.54) is 7.11 Å². The quantitative estimate of drug-likeness (QED) is 0.250. The summed E-state index contributed by atoms with van der Waals surface area (Å²) in [6.07, 6.45) is 2.24. The number of amides is 1. The number of halogens is 1. The van der Waals surface area contributed by atoms with E-state index >= 15 is 0 Å². The molecular formula is C27H26IN3O4. The van der Waals surface area contributed by atoms with Crippen molar-refractivity contribution in [1.82, 2.24) is 14.7 Å². The van der Waals surface area contributed by atoms with Gasteiger partial charge in [-0.1, -0.05) is 42.0 Å². The van der Waals surface area contributed by atoms with E-state index in [0.29, 0.717) is 3.57 Å². The Morgan fingerprint density at radius 3 is 2.49 bits per heavy atom. The van der Waals surface area contributed by atoms with E-state index in [0.717, 1.165) is 39.3 Å². The number of esters is 1. The molecule has 2 heterocycles. The van der Waals surface area contributed by atoms with Crippen LogP contribution in [0.5, 0.6) is 5.75 Å². The van der Waals surface area contributed by atoms with Gasteiger partial charge >= 0.3 is 5.97 Å². The van der Waals surface area contributed by atoms with Crippen LogP contribution in [0.15, 0.2) is 60.8 Å². The maximum absolute atomic E-state index is 13.2. The van der Waals surface area contributed by atoms with Gasteiger partial charge < -0.3 is 19.6 Å². The molecule has 0 unspecified atom stereocenters. The molecule has 7 nitrogen and oxygen atoms in total. The van der Waals surface area contributed by atoms with Crippen LogP contribution in [-0.2, 0) is 27.2 Å². The number of fused-ring (bicyclic) bond motifs is 1. The highest BCUT2D eigenvalue weighted by molar-refractivity contribution is 14.1. The summed E-state index contributed by atoms with van der Waals surface area (Å²) in [6.45, 7) is 4.01. The van der Waals surface area contributed by atoms with Gasteiger partial charge in [-0.2, -0.15) is 0 Å². The molecule has 2 aromatic carbocycles. The normalized spacial score (nSPS) is 11.9. The zero-order valence-corrected chi connectivity index (χ0v) is 21.9. The number of benzene rings is 2. The lowest BCUT2D eigenvalue weighted by Gasteiger charge is -2.17. The molecule has 0 radical (unpaired) electrons. The first-order valence-electron chi connectivity index (χ1n) is 11.1. The summed E-state index contributed by atoms with van der Waals surface area (Å²) >= 11 is 2.02. The monoisotopic (exact) mass is 581 g/mol. The molecule has 0 spiro atoms. The fourth-order valence-electron chi connectivity index (χ4n) is 3.96. The lowest BCUT2D eigenvalue weighted by atomic mass is 10.0. The third-order valence-electron chi connectivity index (χ3n) is 5.79. The summed E-state index contributed by atoms with van der Waals surface area (Å²) in [5.41, 5.74) is 6.12. The highest BCUT2D eigenvalue weighted by atomic mass is 125. The molecule has 0 aliphatic heterocycles. The molecule has 1 atom stereocenters. The van der Waals surface area contributed by atoms with Gasteiger partial charge in [0.2, 0.25) is 5.91 Å². The average Bonchev–Trinajstić information content (AvgIpc) is 3.18. The number of ether oxygens (including phenoxy) is 1. The van der Waals surface area contributed by atoms with Gasteiger partial charge in [0.15, 0.2) is 0 Å². The zero-order chi connectivity index (χ0) is 25.1. The summed E-state index contributed by atoms with van der Waals surface area (Å²) in [5, 5.41) is 12.6. The number of aromatic nitrogens is 2. The Hall–Kier alpha value is -3.40. The van der Waals surface area contributed by atoms with E-state index in [1.807, 2.05) is 83.4 Å². The minimum absolute atomic E-state index is 0.0361. The highest BCUT2D eigenvalue weighted by Gasteiger charge is 2.24. The number of aromatic hydroxyl groups is 1. The summed E-state index contributed by atoms with van der Waals surface area (Å²) in [6, 6.07) is 16.1. The fourth-order valence-corrected chi connectivity index (χ4v) is 4.54. The number of nitrogens with one attached hydrogen (secondary N) is 1. The van der Waals surface area contributed by atoms with Gasteiger partial charge in [-0.15, -0.1) is 0 Å². The molecule has 1 amide bonds. The first kappa shape index (κ1) is 24.7. The van der Waals surface area contributed by atoms with Crippen molar-refractivity contribution in [2.45, 2.75) is 32.7 Å². The van der Waals surface area contributed by atoms with Crippen LogP contribution < -0.4 is 5.32 Å². The number of rotatable bonds is 7. The number of phenolic OH excluding ortho intramolecular Hbond substituents is 1. The second kappa shape index (κ2) is 10.5. The van der Waals surface area contributed by atoms with Crippen LogP contribution in [0.3, 0.4) is 0 Å². The van der Waals surface area contributed by atoms with Crippen LogP contribution >= 0.6 is 22.6 Å². The van der Waals surface area contributed by atoms with E-state index in [2.05, 4.69) is 5.32 Å². The molecule has 4 rings (SSSR count). The fraction of sp³-hybridized carbons (Fsp3) is 0.222. The second-order valence-electron chi connectivity index (χ2n) is 8.52. The lowest BCUT2D eigenvalue weighted by molar-refractivity contribution is -0.145. The summed E-state index contributed by atoms with van der Waals surface area (Å²) < 4.78 is 7.54. The van der Waals surface area contributed by atoms with Crippen molar-refractivity contribution in [2.24, 2.45) is 0 Å². The van der Waals surface area contributed by atoms with Crippen LogP contribution in [0.1, 0.15) is 22.4 Å². The van der Waals surface area contributed by atoms with Gasteiger partial charge in [0.1, 0.15) is 17.4 Å². The maximum Gasteiger partial charge on any atom is 0.328 e. The van der Waals surface area contributed by atoms with Crippen LogP contribution in [0.25, 0.3) is 16.9 Å². The summed E-state index contributed by atoms with van der Waals surface area (Å²) in [7, 11) is 1.30. The molecular weight excluding hydrogens is 555 g/mol. The predicted octanol–water partition coefficient (Wildman–Crippen LogP) is 4.37. The molecule has 0 aliphatic carbocycles. The Kier molecular flexibility index (Phi) is 7.39. The van der Waals surface area contributed by atoms with Crippen molar-refractivity contribution in [3.05, 3.63) is 86.7 Å². The Morgan fingerprint density at radius 2 is 1.80 bits per heavy atom. The standard InChI is InChI=1S/C27H26IN3O4/c1-16-4-8-19(9-5-16)26-22(31-15-17(2)6-11-24(31)30-26)14-25(33)29-21(27(34)35-3)13-18-7-10-23(32)20(28)12-18/h4-12,15,21,32H,13-14H2,1-3H3,(H,29,33)/t21-/m0/s1/i28-2. The maximum atomic E-state index is 13.2. The number of carbonyl (C=O) groups excluding carboxylic acids is 2. The molecule has 4 aromatic rings. The van der Waals surface area contributed by atoms with E-state index in [1.54, 1.807) is 18.2 Å². The number of methoxy groups -OCH3 is 1. The molecule has 0 fully saturated rings. The van der Waals surface area contributed by atoms with Crippen LogP contribution in [-0.4, -0.2) is 39.5 Å². The SMILES string of the molecule is COC(=O)[C@H](Cc1ccc(O)c([125I])c1)NC(=O)Cc1c(-c2ccc(C)cc2)nc2ccc(C)cn12. The third kappa shape index (κ3) is 5.64. The van der Waals surface area contributed by atoms with Crippen molar-refractivity contribution in [1.29, 1.82) is 0 Å². The molecule has 0 aliphatic rings. The third-order valence-corrected chi connectivity index (χ3v) is 6.66. The first-order valence-corrected chi connectivity index (χ1v) is 12.2. The molecule has 2 aromatic heterocycles. The Bertz CT molecular complexity index is 1400. The van der Waals surface area contributed by atoms with Gasteiger partial charge in [-0.3, -0.25) is 4.79 Å². The van der Waals surface area contributed by atoms with E-state index in [9.17, 15) is 14.7 Å². The number of pyridine rings is 1. The van der Waals surface area contributed by atoms with Gasteiger partial charge in [0.25, 0.3) is 0 Å². The van der Waals surface area contributed by atoms with Crippen LogP contribution in [0, 0.1) is 17.4 Å². The van der Waals surface area contributed by atoms with Crippen molar-refractivity contribution in [3.63, 3.8) is 0 Å². The lowest BCUT2D eigenvalue weighted by Crippen LogP contribution is -2.43. The first-order chi connectivity index (χ1) is 16.7. The smallest absolute Gasteiger partial charge is 0.328 e. The van der Waals surface area contributed by atoms with Gasteiger partial charge in [0.05, 0.1) is 28.5 Å². The summed E-state index contributed by atoms with van der Waals surface area (Å²) in [5.74, 6) is -0.681. The molecule has 8 heteroatoms. The Labute approximate surface area is 217 Å². The number of carbonyl (C=O) groups is 2. The second-order valence-corrected chi connectivity index (χ2v) is 9.68. The van der Waals surface area contributed by atoms with Crippen molar-refractivity contribution in [2.75, 3.05) is 7.11 Å². The molecule has 0 saturated heterocycles. The Morgan fingerprint density at radius 1 is 1.09 bits per heavy atom. The highest BCUT2D eigenvalue weighted by Crippen LogP contribution is 2.26. The number of hydrogen-bond acceptors (Lipinski definition) is 5. The zero-order valence-electron chi connectivity index (χ0n) is 19.7. The van der Waals surface area contributed by atoms with Gasteiger partial charge in [0, 0.05) is 18.2 Å². The minimum atomic E-state index is -0.864. The van der Waals surface area contributed by atoms with E-state index in [4.69, 9.17) is 9.72 Å². The van der Waals surface area contributed by atoms with E-state index < -0.39 is 12.0 Å².